The highest BCUT2D eigenvalue weighted by Gasteiger charge is 2.32. The zero-order valence-electron chi connectivity index (χ0n) is 17.4. The molecule has 0 saturated carbocycles. The molecule has 1 aromatic heterocycles. The summed E-state index contributed by atoms with van der Waals surface area (Å²) in [5, 5.41) is 5.74. The van der Waals surface area contributed by atoms with Crippen molar-refractivity contribution in [3.63, 3.8) is 0 Å². The van der Waals surface area contributed by atoms with Crippen LogP contribution < -0.4 is 21.1 Å². The van der Waals surface area contributed by atoms with Crippen LogP contribution in [-0.4, -0.2) is 46.4 Å². The fourth-order valence-electron chi connectivity index (χ4n) is 3.59. The summed E-state index contributed by atoms with van der Waals surface area (Å²) in [4.78, 5) is 38.6. The first-order chi connectivity index (χ1) is 16.1. The molecule has 4 rings (SSSR count). The first kappa shape index (κ1) is 22.7. The number of halogens is 3. The Labute approximate surface area is 190 Å². The van der Waals surface area contributed by atoms with Crippen molar-refractivity contribution in [1.82, 2.24) is 9.47 Å². The third kappa shape index (κ3) is 4.80. The number of carbonyl (C=O) groups is 3. The first-order valence-electron chi connectivity index (χ1n) is 9.93. The van der Waals surface area contributed by atoms with Crippen molar-refractivity contribution in [1.29, 1.82) is 0 Å². The highest BCUT2D eigenvalue weighted by atomic mass is 19.4. The van der Waals surface area contributed by atoms with Crippen molar-refractivity contribution in [3.8, 4) is 5.75 Å². The van der Waals surface area contributed by atoms with E-state index in [9.17, 15) is 27.6 Å². The maximum atomic E-state index is 12.9. The van der Waals surface area contributed by atoms with E-state index in [1.165, 1.54) is 33.9 Å². The van der Waals surface area contributed by atoms with Gasteiger partial charge < -0.3 is 26.0 Å². The molecule has 0 spiro atoms. The lowest BCUT2D eigenvalue weighted by atomic mass is 10.2. The van der Waals surface area contributed by atoms with E-state index >= 15 is 0 Å². The number of benzene rings is 2. The van der Waals surface area contributed by atoms with E-state index in [0.717, 1.165) is 12.1 Å². The van der Waals surface area contributed by atoms with E-state index < -0.39 is 36.1 Å². The summed E-state index contributed by atoms with van der Waals surface area (Å²) in [6, 6.07) is 9.25. The molecule has 176 valence electrons. The van der Waals surface area contributed by atoms with Crippen LogP contribution >= 0.6 is 0 Å². The summed E-state index contributed by atoms with van der Waals surface area (Å²) in [6.45, 7) is 0.121. The largest absolute Gasteiger partial charge is 0.573 e. The fourth-order valence-corrected chi connectivity index (χ4v) is 3.59. The summed E-state index contributed by atoms with van der Waals surface area (Å²) in [7, 11) is 0. The van der Waals surface area contributed by atoms with E-state index in [1.54, 1.807) is 30.3 Å². The van der Waals surface area contributed by atoms with Crippen LogP contribution in [0.3, 0.4) is 0 Å². The minimum atomic E-state index is -4.87. The minimum Gasteiger partial charge on any atom is -0.406 e. The van der Waals surface area contributed by atoms with E-state index in [-0.39, 0.29) is 12.2 Å². The predicted octanol–water partition coefficient (Wildman–Crippen LogP) is 3.88. The van der Waals surface area contributed by atoms with Crippen LogP contribution in [-0.2, 0) is 4.79 Å². The Bertz CT molecular complexity index is 1300. The third-order valence-electron chi connectivity index (χ3n) is 5.01. The second-order valence-electron chi connectivity index (χ2n) is 7.29. The van der Waals surface area contributed by atoms with Gasteiger partial charge in [0, 0.05) is 29.9 Å². The number of fused-ring (bicyclic) bond motifs is 1. The second kappa shape index (κ2) is 8.81. The molecule has 2 aromatic carbocycles. The third-order valence-corrected chi connectivity index (χ3v) is 5.01. The molecule has 4 N–H and O–H groups in total. The summed E-state index contributed by atoms with van der Waals surface area (Å²) >= 11 is 0. The number of rotatable bonds is 4. The summed E-state index contributed by atoms with van der Waals surface area (Å²) in [5.41, 5.74) is 6.28. The Hall–Kier alpha value is -4.48. The van der Waals surface area contributed by atoms with E-state index in [1.807, 2.05) is 0 Å². The van der Waals surface area contributed by atoms with Crippen molar-refractivity contribution in [2.45, 2.75) is 12.4 Å². The highest BCUT2D eigenvalue weighted by molar-refractivity contribution is 6.06. The molecule has 9 nitrogen and oxygen atoms in total. The Kier molecular flexibility index (Phi) is 5.88. The molecule has 3 aromatic rings. The van der Waals surface area contributed by atoms with Crippen molar-refractivity contribution in [3.05, 3.63) is 66.9 Å². The number of para-hydroxylation sites is 1. The van der Waals surface area contributed by atoms with Gasteiger partial charge >= 0.3 is 18.4 Å². The number of hydrogen-bond acceptors (Lipinski definition) is 4. The first-order valence-corrected chi connectivity index (χ1v) is 9.93. The molecule has 1 aliphatic heterocycles. The molecule has 0 aliphatic carbocycles. The number of ether oxygens (including phenoxy) is 1. The molecule has 12 heteroatoms. The number of primary amides is 1. The van der Waals surface area contributed by atoms with Gasteiger partial charge in [0.2, 0.25) is 0 Å². The smallest absolute Gasteiger partial charge is 0.406 e. The quantitative estimate of drug-likeness (QED) is 0.499. The standard InChI is InChI=1S/C22H18F3N5O4/c23-22(24,25)34-14-6-3-5-13(11-14)27-19(31)18-9-4-10-29(18)21(33)28-16-12-30(20(26)32)17-8-2-1-7-15(16)17/h1-9,11-12,18H,10H2,(H2,26,32)(H,27,31)(H,28,33)/t18-/m0/s1. The van der Waals surface area contributed by atoms with Crippen LogP contribution in [0.15, 0.2) is 66.9 Å². The number of carbonyl (C=O) groups excluding carboxylic acids is 3. The van der Waals surface area contributed by atoms with Gasteiger partial charge in [0.15, 0.2) is 0 Å². The maximum absolute atomic E-state index is 12.9. The molecule has 0 bridgehead atoms. The van der Waals surface area contributed by atoms with Crippen molar-refractivity contribution < 1.29 is 32.3 Å². The number of anilines is 2. The molecular weight excluding hydrogens is 455 g/mol. The van der Waals surface area contributed by atoms with E-state index in [0.29, 0.717) is 16.6 Å². The van der Waals surface area contributed by atoms with E-state index in [2.05, 4.69) is 15.4 Å². The number of amides is 4. The number of nitrogens with two attached hydrogens (primary N) is 1. The summed E-state index contributed by atoms with van der Waals surface area (Å²) in [5.74, 6) is -1.12. The van der Waals surface area contributed by atoms with Crippen LogP contribution in [0, 0.1) is 0 Å². The van der Waals surface area contributed by atoms with Gasteiger partial charge in [-0.3, -0.25) is 9.36 Å². The Morgan fingerprint density at radius 3 is 2.56 bits per heavy atom. The SMILES string of the molecule is NC(=O)n1cc(NC(=O)N2CC=C[C@H]2C(=O)Nc2cccc(OC(F)(F)F)c2)c2ccccc21. The number of urea groups is 1. The molecule has 0 radical (unpaired) electrons. The van der Waals surface area contributed by atoms with Crippen LogP contribution in [0.25, 0.3) is 10.9 Å². The number of nitrogens with zero attached hydrogens (tertiary/aromatic N) is 2. The van der Waals surface area contributed by atoms with Crippen molar-refractivity contribution in [2.24, 2.45) is 5.73 Å². The monoisotopic (exact) mass is 473 g/mol. The van der Waals surface area contributed by atoms with Gasteiger partial charge in [-0.1, -0.05) is 36.4 Å². The zero-order chi connectivity index (χ0) is 24.5. The Morgan fingerprint density at radius 1 is 1.06 bits per heavy atom. The molecule has 34 heavy (non-hydrogen) atoms. The fraction of sp³-hybridized carbons (Fsp3) is 0.136. The molecular formula is C22H18F3N5O4. The predicted molar refractivity (Wildman–Crippen MR) is 117 cm³/mol. The second-order valence-corrected chi connectivity index (χ2v) is 7.29. The van der Waals surface area contributed by atoms with Gasteiger partial charge in [-0.25, -0.2) is 9.59 Å². The van der Waals surface area contributed by atoms with Crippen LogP contribution in [0.5, 0.6) is 5.75 Å². The topological polar surface area (TPSA) is 119 Å². The minimum absolute atomic E-state index is 0.0666. The van der Waals surface area contributed by atoms with Crippen molar-refractivity contribution in [2.75, 3.05) is 17.2 Å². The number of nitrogens with one attached hydrogen (secondary N) is 2. The average Bonchev–Trinajstić information content (AvgIpc) is 3.38. The molecule has 0 saturated heterocycles. The molecule has 0 unspecified atom stereocenters. The summed E-state index contributed by atoms with van der Waals surface area (Å²) < 4.78 is 42.4. The van der Waals surface area contributed by atoms with Gasteiger partial charge in [0.1, 0.15) is 11.8 Å². The lowest BCUT2D eigenvalue weighted by molar-refractivity contribution is -0.274. The van der Waals surface area contributed by atoms with Gasteiger partial charge in [0.05, 0.1) is 11.2 Å². The van der Waals surface area contributed by atoms with Gasteiger partial charge in [-0.2, -0.15) is 0 Å². The normalized spacial score (nSPS) is 15.4. The maximum Gasteiger partial charge on any atom is 0.573 e. The summed E-state index contributed by atoms with van der Waals surface area (Å²) in [6.07, 6.45) is -0.379. The zero-order valence-corrected chi connectivity index (χ0v) is 17.4. The lowest BCUT2D eigenvalue weighted by Crippen LogP contribution is -2.45. The van der Waals surface area contributed by atoms with Gasteiger partial charge in [-0.15, -0.1) is 13.2 Å². The number of aromatic nitrogens is 1. The Balaban J connectivity index is 1.48. The molecule has 1 aliphatic rings. The number of alkyl halides is 3. The van der Waals surface area contributed by atoms with Crippen molar-refractivity contribution >= 4 is 40.2 Å². The molecule has 2 heterocycles. The highest BCUT2D eigenvalue weighted by Crippen LogP contribution is 2.27. The van der Waals surface area contributed by atoms with Crippen LogP contribution in [0.1, 0.15) is 0 Å². The van der Waals surface area contributed by atoms with Crippen LogP contribution in [0.4, 0.5) is 34.1 Å². The van der Waals surface area contributed by atoms with Crippen LogP contribution in [0.2, 0.25) is 0 Å². The number of hydrogen-bond donors (Lipinski definition) is 3. The molecule has 1 atom stereocenters. The van der Waals surface area contributed by atoms with Gasteiger partial charge in [0.25, 0.3) is 5.91 Å². The lowest BCUT2D eigenvalue weighted by Gasteiger charge is -2.24. The average molecular weight is 473 g/mol. The Morgan fingerprint density at radius 2 is 1.82 bits per heavy atom. The van der Waals surface area contributed by atoms with Gasteiger partial charge in [-0.05, 0) is 18.2 Å². The van der Waals surface area contributed by atoms with E-state index in [4.69, 9.17) is 5.73 Å². The molecule has 0 fully saturated rings. The molecule has 4 amide bonds.